The van der Waals surface area contributed by atoms with Gasteiger partial charge < -0.3 is 9.64 Å². The van der Waals surface area contributed by atoms with Gasteiger partial charge in [-0.05, 0) is 55.3 Å². The Kier molecular flexibility index (Phi) is 6.04. The Morgan fingerprint density at radius 1 is 1.09 bits per heavy atom. The third-order valence-electron chi connectivity index (χ3n) is 5.93. The molecule has 2 aliphatic heterocycles. The fourth-order valence-electron chi connectivity index (χ4n) is 4.14. The number of hydrogen-bond donors (Lipinski definition) is 1. The van der Waals surface area contributed by atoms with E-state index >= 15 is 0 Å². The number of esters is 1. The predicted octanol–water partition coefficient (Wildman–Crippen LogP) is 3.02. The van der Waals surface area contributed by atoms with E-state index in [0.29, 0.717) is 12.2 Å². The zero-order valence-corrected chi connectivity index (χ0v) is 19.8. The van der Waals surface area contributed by atoms with Gasteiger partial charge in [0.2, 0.25) is 11.8 Å². The highest BCUT2D eigenvalue weighted by Gasteiger charge is 2.27. The van der Waals surface area contributed by atoms with Crippen LogP contribution < -0.4 is 15.3 Å². The van der Waals surface area contributed by atoms with E-state index in [0.717, 1.165) is 38.9 Å². The molecule has 0 radical (unpaired) electrons. The molecule has 1 fully saturated rings. The maximum atomic E-state index is 12.8. The van der Waals surface area contributed by atoms with E-state index < -0.39 is 5.97 Å². The summed E-state index contributed by atoms with van der Waals surface area (Å²) >= 11 is 1.60. The maximum absolute atomic E-state index is 12.8. The average Bonchev–Trinajstić information content (AvgIpc) is 3.50. The van der Waals surface area contributed by atoms with Crippen LogP contribution >= 0.6 is 11.3 Å². The molecule has 0 spiro atoms. The second kappa shape index (κ2) is 9.30. The van der Waals surface area contributed by atoms with Crippen LogP contribution in [0.5, 0.6) is 0 Å². The minimum atomic E-state index is -0.646. The van der Waals surface area contributed by atoms with Crippen molar-refractivity contribution in [3.8, 4) is 11.3 Å². The number of thiazole rings is 1. The molecule has 178 valence electrons. The zero-order chi connectivity index (χ0) is 24.5. The maximum Gasteiger partial charge on any atom is 0.338 e. The minimum absolute atomic E-state index is 0.128. The van der Waals surface area contributed by atoms with Crippen LogP contribution in [-0.4, -0.2) is 41.8 Å². The summed E-state index contributed by atoms with van der Waals surface area (Å²) in [6.07, 6.45) is 1.00. The Bertz CT molecular complexity index is 1330. The number of aromatic nitrogens is 1. The summed E-state index contributed by atoms with van der Waals surface area (Å²) in [6, 6.07) is 12.0. The van der Waals surface area contributed by atoms with Gasteiger partial charge in [-0.3, -0.25) is 19.8 Å². The first-order valence-electron chi connectivity index (χ1n) is 11.1. The number of benzene rings is 2. The van der Waals surface area contributed by atoms with Crippen LogP contribution in [0.2, 0.25) is 0 Å². The van der Waals surface area contributed by atoms with E-state index in [1.807, 2.05) is 24.4 Å². The minimum Gasteiger partial charge on any atom is -0.452 e. The standard InChI is InChI=1S/C25H22N4O5S/c1-15-26-20(14-35-15)17-4-7-21-18(12-17)10-11-28(21)24(32)13-34-25(33)16-2-5-19(6-3-16)29-23(31)9-8-22(30)27-29/h2-7,12,14H,8-11,13H2,1H3,(H,27,30). The summed E-state index contributed by atoms with van der Waals surface area (Å²) in [5.41, 5.74) is 7.00. The summed E-state index contributed by atoms with van der Waals surface area (Å²) in [7, 11) is 0. The number of anilines is 2. The number of hydrogen-bond acceptors (Lipinski definition) is 7. The molecule has 5 rings (SSSR count). The van der Waals surface area contributed by atoms with E-state index in [4.69, 9.17) is 4.74 Å². The SMILES string of the molecule is Cc1nc(-c2ccc3c(c2)CCN3C(=O)COC(=O)c2ccc(N3NC(=O)CCC3=O)cc2)cs1. The molecule has 0 unspecified atom stereocenters. The lowest BCUT2D eigenvalue weighted by atomic mass is 10.1. The molecule has 2 aliphatic rings. The van der Waals surface area contributed by atoms with Crippen molar-refractivity contribution in [2.45, 2.75) is 26.2 Å². The normalized spacial score (nSPS) is 15.1. The zero-order valence-electron chi connectivity index (χ0n) is 18.9. The van der Waals surface area contributed by atoms with Gasteiger partial charge in [0.05, 0.1) is 22.0 Å². The smallest absolute Gasteiger partial charge is 0.338 e. The molecular weight excluding hydrogens is 468 g/mol. The Balaban J connectivity index is 1.20. The first kappa shape index (κ1) is 22.7. The topological polar surface area (TPSA) is 109 Å². The van der Waals surface area contributed by atoms with Gasteiger partial charge in [-0.2, -0.15) is 0 Å². The fraction of sp³-hybridized carbons (Fsp3) is 0.240. The molecule has 0 bridgehead atoms. The molecule has 0 saturated carbocycles. The highest BCUT2D eigenvalue weighted by Crippen LogP contribution is 2.33. The Labute approximate surface area is 205 Å². The molecule has 1 saturated heterocycles. The van der Waals surface area contributed by atoms with Crippen LogP contribution in [-0.2, 0) is 25.5 Å². The van der Waals surface area contributed by atoms with Gasteiger partial charge in [0, 0.05) is 36.0 Å². The number of carbonyl (C=O) groups excluding carboxylic acids is 4. The third-order valence-corrected chi connectivity index (χ3v) is 6.70. The first-order chi connectivity index (χ1) is 16.9. The Morgan fingerprint density at radius 3 is 2.63 bits per heavy atom. The van der Waals surface area contributed by atoms with Crippen molar-refractivity contribution >= 4 is 46.4 Å². The number of aryl methyl sites for hydroxylation is 1. The monoisotopic (exact) mass is 490 g/mol. The fourth-order valence-corrected chi connectivity index (χ4v) is 4.76. The van der Waals surface area contributed by atoms with Gasteiger partial charge in [-0.25, -0.2) is 14.8 Å². The first-order valence-corrected chi connectivity index (χ1v) is 12.0. The summed E-state index contributed by atoms with van der Waals surface area (Å²) in [4.78, 5) is 55.0. The molecule has 9 nitrogen and oxygen atoms in total. The summed E-state index contributed by atoms with van der Waals surface area (Å²) in [6.45, 7) is 2.11. The lowest BCUT2D eigenvalue weighted by molar-refractivity contribution is -0.130. The Morgan fingerprint density at radius 2 is 1.89 bits per heavy atom. The highest BCUT2D eigenvalue weighted by atomic mass is 32.1. The molecule has 10 heteroatoms. The summed E-state index contributed by atoms with van der Waals surface area (Å²) < 4.78 is 5.25. The van der Waals surface area contributed by atoms with Gasteiger partial charge >= 0.3 is 5.97 Å². The lowest BCUT2D eigenvalue weighted by Crippen LogP contribution is -2.50. The number of amides is 3. The van der Waals surface area contributed by atoms with Gasteiger partial charge in [0.25, 0.3) is 5.91 Å². The molecule has 1 N–H and O–H groups in total. The van der Waals surface area contributed by atoms with Crippen LogP contribution in [0, 0.1) is 6.92 Å². The number of nitrogens with zero attached hydrogens (tertiary/aromatic N) is 3. The van der Waals surface area contributed by atoms with Crippen LogP contribution in [0.4, 0.5) is 11.4 Å². The van der Waals surface area contributed by atoms with Crippen molar-refractivity contribution < 1.29 is 23.9 Å². The number of hydrazine groups is 1. The average molecular weight is 491 g/mol. The molecule has 0 aliphatic carbocycles. The molecule has 3 aromatic rings. The molecule has 3 amide bonds. The van der Waals surface area contributed by atoms with Crippen LogP contribution in [0.3, 0.4) is 0 Å². The molecular formula is C25H22N4O5S. The van der Waals surface area contributed by atoms with Crippen LogP contribution in [0.25, 0.3) is 11.3 Å². The molecule has 0 atom stereocenters. The third kappa shape index (κ3) is 4.65. The van der Waals surface area contributed by atoms with Crippen molar-refractivity contribution in [2.75, 3.05) is 23.1 Å². The lowest BCUT2D eigenvalue weighted by Gasteiger charge is -2.27. The van der Waals surface area contributed by atoms with E-state index in [1.165, 1.54) is 12.1 Å². The Hall–Kier alpha value is -4.05. The van der Waals surface area contributed by atoms with Gasteiger partial charge in [0.1, 0.15) is 0 Å². The van der Waals surface area contributed by atoms with Crippen LogP contribution in [0.1, 0.15) is 33.8 Å². The predicted molar refractivity (Wildman–Crippen MR) is 130 cm³/mol. The van der Waals surface area contributed by atoms with Gasteiger partial charge in [0.15, 0.2) is 6.61 Å². The molecule has 35 heavy (non-hydrogen) atoms. The largest absolute Gasteiger partial charge is 0.452 e. The second-order valence-corrected chi connectivity index (χ2v) is 9.34. The molecule has 1 aromatic heterocycles. The van der Waals surface area contributed by atoms with Crippen molar-refractivity contribution in [3.63, 3.8) is 0 Å². The second-order valence-electron chi connectivity index (χ2n) is 8.28. The van der Waals surface area contributed by atoms with Crippen LogP contribution in [0.15, 0.2) is 47.8 Å². The van der Waals surface area contributed by atoms with Crippen molar-refractivity contribution in [2.24, 2.45) is 0 Å². The van der Waals surface area contributed by atoms with E-state index in [9.17, 15) is 19.2 Å². The van der Waals surface area contributed by atoms with E-state index in [1.54, 1.807) is 28.4 Å². The van der Waals surface area contributed by atoms with Crippen molar-refractivity contribution in [1.29, 1.82) is 0 Å². The number of rotatable bonds is 5. The molecule has 3 heterocycles. The van der Waals surface area contributed by atoms with Crippen molar-refractivity contribution in [3.05, 3.63) is 64.0 Å². The van der Waals surface area contributed by atoms with Gasteiger partial charge in [-0.15, -0.1) is 11.3 Å². The van der Waals surface area contributed by atoms with Crippen molar-refractivity contribution in [1.82, 2.24) is 10.4 Å². The summed E-state index contributed by atoms with van der Waals surface area (Å²) in [5.74, 6) is -1.42. The van der Waals surface area contributed by atoms with E-state index in [-0.39, 0.29) is 42.7 Å². The number of fused-ring (bicyclic) bond motifs is 1. The molecule has 2 aromatic carbocycles. The highest BCUT2D eigenvalue weighted by molar-refractivity contribution is 7.09. The number of ether oxygens (including phenoxy) is 1. The quantitative estimate of drug-likeness (QED) is 0.551. The van der Waals surface area contributed by atoms with E-state index in [2.05, 4.69) is 16.5 Å². The number of nitrogens with one attached hydrogen (secondary N) is 1. The van der Waals surface area contributed by atoms with Gasteiger partial charge in [-0.1, -0.05) is 6.07 Å². The number of carbonyl (C=O) groups is 4. The summed E-state index contributed by atoms with van der Waals surface area (Å²) in [5, 5.41) is 4.18.